The predicted molar refractivity (Wildman–Crippen MR) is 150 cm³/mol. The molecule has 1 aliphatic heterocycles. The quantitative estimate of drug-likeness (QED) is 0.224. The zero-order chi connectivity index (χ0) is 27.2. The molecule has 3 heterocycles. The minimum atomic E-state index is -0.405. The number of nitrogens with one attached hydrogen (secondary N) is 1. The van der Waals surface area contributed by atoms with Crippen molar-refractivity contribution in [3.8, 4) is 11.4 Å². The first-order valence-corrected chi connectivity index (χ1v) is 14.3. The highest BCUT2D eigenvalue weighted by atomic mass is 32.2. The zero-order valence-corrected chi connectivity index (χ0v) is 23.3. The van der Waals surface area contributed by atoms with E-state index in [1.165, 1.54) is 28.7 Å². The first-order chi connectivity index (χ1) is 19.1. The molecule has 0 atom stereocenters. The SMILES string of the molecule is CCOC(=O)c1c(NC(=O)CSc2nnnn2-c2ccc(OC)cc2)sc2c1CCN(Cc1ccccc1)C2. The second-order valence-electron chi connectivity index (χ2n) is 8.78. The summed E-state index contributed by atoms with van der Waals surface area (Å²) >= 11 is 2.66. The smallest absolute Gasteiger partial charge is 0.341 e. The van der Waals surface area contributed by atoms with Gasteiger partial charge in [0, 0.05) is 24.5 Å². The molecule has 5 rings (SSSR count). The van der Waals surface area contributed by atoms with E-state index in [0.717, 1.165) is 35.0 Å². The second-order valence-corrected chi connectivity index (χ2v) is 10.8. The van der Waals surface area contributed by atoms with Crippen molar-refractivity contribution in [3.05, 3.63) is 76.2 Å². The number of thiophene rings is 1. The molecule has 1 amide bonds. The Kier molecular flexibility index (Phi) is 8.54. The zero-order valence-electron chi connectivity index (χ0n) is 21.6. The van der Waals surface area contributed by atoms with Gasteiger partial charge in [-0.25, -0.2) is 4.79 Å². The van der Waals surface area contributed by atoms with Crippen molar-refractivity contribution in [2.45, 2.75) is 31.6 Å². The number of hydrogen-bond acceptors (Lipinski definition) is 10. The Hall–Kier alpha value is -3.74. The highest BCUT2D eigenvalue weighted by Crippen LogP contribution is 2.38. The summed E-state index contributed by atoms with van der Waals surface area (Å²) in [6.07, 6.45) is 0.716. The predicted octanol–water partition coefficient (Wildman–Crippen LogP) is 4.20. The van der Waals surface area contributed by atoms with Gasteiger partial charge in [0.2, 0.25) is 11.1 Å². The van der Waals surface area contributed by atoms with Crippen LogP contribution in [0.2, 0.25) is 0 Å². The number of carbonyl (C=O) groups excluding carboxylic acids is 2. The number of esters is 1. The minimum Gasteiger partial charge on any atom is -0.497 e. The van der Waals surface area contributed by atoms with Gasteiger partial charge in [0.15, 0.2) is 0 Å². The molecular formula is C27H28N6O4S2. The van der Waals surface area contributed by atoms with Crippen LogP contribution in [-0.4, -0.2) is 63.0 Å². The van der Waals surface area contributed by atoms with Gasteiger partial charge in [-0.3, -0.25) is 9.69 Å². The van der Waals surface area contributed by atoms with Crippen LogP contribution in [0.3, 0.4) is 0 Å². The summed E-state index contributed by atoms with van der Waals surface area (Å²) in [6, 6.07) is 17.6. The van der Waals surface area contributed by atoms with Crippen LogP contribution in [0.1, 0.15) is 33.3 Å². The molecule has 4 aromatic rings. The number of benzene rings is 2. The average molecular weight is 565 g/mol. The molecule has 10 nitrogen and oxygen atoms in total. The van der Waals surface area contributed by atoms with Crippen molar-refractivity contribution in [3.63, 3.8) is 0 Å². The third-order valence-electron chi connectivity index (χ3n) is 6.21. The molecule has 0 fully saturated rings. The number of ether oxygens (including phenoxy) is 2. The summed E-state index contributed by atoms with van der Waals surface area (Å²) in [5.41, 5.74) is 3.43. The molecule has 12 heteroatoms. The lowest BCUT2D eigenvalue weighted by Gasteiger charge is -2.27. The van der Waals surface area contributed by atoms with E-state index in [4.69, 9.17) is 9.47 Å². The molecule has 2 aromatic heterocycles. The minimum absolute atomic E-state index is 0.0709. The van der Waals surface area contributed by atoms with Gasteiger partial charge in [-0.15, -0.1) is 16.4 Å². The number of amides is 1. The molecule has 0 bridgehead atoms. The summed E-state index contributed by atoms with van der Waals surface area (Å²) in [4.78, 5) is 29.4. The third kappa shape index (κ3) is 6.29. The van der Waals surface area contributed by atoms with Gasteiger partial charge in [0.25, 0.3) is 0 Å². The maximum atomic E-state index is 13.0. The van der Waals surface area contributed by atoms with E-state index in [1.54, 1.807) is 18.7 Å². The Bertz CT molecular complexity index is 1440. The number of nitrogens with zero attached hydrogens (tertiary/aromatic N) is 5. The third-order valence-corrected chi connectivity index (χ3v) is 8.26. The van der Waals surface area contributed by atoms with Crippen LogP contribution in [0.4, 0.5) is 5.00 Å². The first-order valence-electron chi connectivity index (χ1n) is 12.5. The van der Waals surface area contributed by atoms with Crippen LogP contribution in [0.25, 0.3) is 5.69 Å². The molecule has 1 aliphatic rings. The number of rotatable bonds is 10. The Labute approximate surface area is 234 Å². The Morgan fingerprint density at radius 1 is 1.13 bits per heavy atom. The van der Waals surface area contributed by atoms with Crippen LogP contribution in [-0.2, 0) is 29.0 Å². The van der Waals surface area contributed by atoms with Crippen molar-refractivity contribution in [1.29, 1.82) is 0 Å². The summed E-state index contributed by atoms with van der Waals surface area (Å²) in [5.74, 6) is 0.133. The van der Waals surface area contributed by atoms with Gasteiger partial charge >= 0.3 is 5.97 Å². The van der Waals surface area contributed by atoms with Crippen molar-refractivity contribution >= 4 is 40.0 Å². The van der Waals surface area contributed by atoms with Crippen molar-refractivity contribution in [2.24, 2.45) is 0 Å². The molecule has 202 valence electrons. The number of thioether (sulfide) groups is 1. The second kappa shape index (κ2) is 12.4. The fourth-order valence-electron chi connectivity index (χ4n) is 4.39. The van der Waals surface area contributed by atoms with E-state index in [0.29, 0.717) is 28.7 Å². The van der Waals surface area contributed by atoms with Gasteiger partial charge < -0.3 is 14.8 Å². The molecule has 0 aliphatic carbocycles. The monoisotopic (exact) mass is 564 g/mol. The van der Waals surface area contributed by atoms with Crippen molar-refractivity contribution < 1.29 is 19.1 Å². The standard InChI is InChI=1S/C27H28N6O4S2/c1-3-37-26(35)24-21-13-14-32(15-18-7-5-4-6-8-18)16-22(21)39-25(24)28-23(34)17-38-27-29-30-31-33(27)19-9-11-20(36-2)12-10-19/h4-12H,3,13-17H2,1-2H3,(H,28,34). The Balaban J connectivity index is 1.28. The molecule has 2 aromatic carbocycles. The molecule has 0 saturated heterocycles. The van der Waals surface area contributed by atoms with Crippen LogP contribution in [0.5, 0.6) is 5.75 Å². The van der Waals surface area contributed by atoms with Crippen molar-refractivity contribution in [2.75, 3.05) is 31.3 Å². The van der Waals surface area contributed by atoms with E-state index >= 15 is 0 Å². The van der Waals surface area contributed by atoms with E-state index in [9.17, 15) is 9.59 Å². The largest absolute Gasteiger partial charge is 0.497 e. The lowest BCUT2D eigenvalue weighted by atomic mass is 10.0. The molecule has 0 spiro atoms. The molecule has 0 radical (unpaired) electrons. The highest BCUT2D eigenvalue weighted by molar-refractivity contribution is 7.99. The van der Waals surface area contributed by atoms with Gasteiger partial charge in [-0.2, -0.15) is 4.68 Å². The average Bonchev–Trinajstić information content (AvgIpc) is 3.56. The van der Waals surface area contributed by atoms with E-state index in [2.05, 4.69) is 37.9 Å². The maximum Gasteiger partial charge on any atom is 0.341 e. The summed E-state index contributed by atoms with van der Waals surface area (Å²) < 4.78 is 12.1. The van der Waals surface area contributed by atoms with E-state index < -0.39 is 5.97 Å². The van der Waals surface area contributed by atoms with Crippen LogP contribution in [0, 0.1) is 0 Å². The summed E-state index contributed by atoms with van der Waals surface area (Å²) in [7, 11) is 1.60. The number of carbonyl (C=O) groups is 2. The van der Waals surface area contributed by atoms with Gasteiger partial charge in [-0.1, -0.05) is 42.1 Å². The molecule has 0 unspecified atom stereocenters. The topological polar surface area (TPSA) is 111 Å². The highest BCUT2D eigenvalue weighted by Gasteiger charge is 2.29. The number of hydrogen-bond donors (Lipinski definition) is 1. The van der Waals surface area contributed by atoms with E-state index in [1.807, 2.05) is 42.5 Å². The fourth-order valence-corrected chi connectivity index (χ4v) is 6.37. The number of fused-ring (bicyclic) bond motifs is 1. The maximum absolute atomic E-state index is 13.0. The molecule has 1 N–H and O–H groups in total. The molecule has 0 saturated carbocycles. The van der Waals surface area contributed by atoms with Crippen LogP contribution in [0.15, 0.2) is 59.8 Å². The Morgan fingerprint density at radius 2 is 1.92 bits per heavy atom. The van der Waals surface area contributed by atoms with Crippen LogP contribution < -0.4 is 10.1 Å². The summed E-state index contributed by atoms with van der Waals surface area (Å²) in [6.45, 7) is 4.40. The van der Waals surface area contributed by atoms with Gasteiger partial charge in [-0.05, 0) is 59.2 Å². The lowest BCUT2D eigenvalue weighted by molar-refractivity contribution is -0.113. The lowest BCUT2D eigenvalue weighted by Crippen LogP contribution is -2.30. The summed E-state index contributed by atoms with van der Waals surface area (Å²) in [5, 5.41) is 15.8. The van der Waals surface area contributed by atoms with Crippen LogP contribution >= 0.6 is 23.1 Å². The Morgan fingerprint density at radius 3 is 2.67 bits per heavy atom. The fraction of sp³-hybridized carbons (Fsp3) is 0.296. The van der Waals surface area contributed by atoms with Gasteiger partial charge in [0.05, 0.1) is 30.7 Å². The van der Waals surface area contributed by atoms with Gasteiger partial charge in [0.1, 0.15) is 10.8 Å². The molecular weight excluding hydrogens is 536 g/mol. The first kappa shape index (κ1) is 26.9. The molecule has 39 heavy (non-hydrogen) atoms. The number of aromatic nitrogens is 4. The normalized spacial score (nSPS) is 13.1. The van der Waals surface area contributed by atoms with E-state index in [-0.39, 0.29) is 18.3 Å². The van der Waals surface area contributed by atoms with Crippen molar-refractivity contribution in [1.82, 2.24) is 25.1 Å². The number of tetrazole rings is 1. The number of methoxy groups -OCH3 is 1. The number of anilines is 1.